The van der Waals surface area contributed by atoms with E-state index in [4.69, 9.17) is 16.3 Å². The van der Waals surface area contributed by atoms with Crippen LogP contribution in [-0.2, 0) is 17.6 Å². The lowest BCUT2D eigenvalue weighted by Gasteiger charge is -2.08. The van der Waals surface area contributed by atoms with E-state index in [1.54, 1.807) is 41.9 Å². The molecule has 0 atom stereocenters. The van der Waals surface area contributed by atoms with E-state index in [2.05, 4.69) is 15.3 Å². The number of aryl methyl sites for hydroxylation is 2. The first-order valence-electron chi connectivity index (χ1n) is 8.74. The van der Waals surface area contributed by atoms with Gasteiger partial charge < -0.3 is 10.1 Å². The van der Waals surface area contributed by atoms with Gasteiger partial charge in [0.05, 0.1) is 12.3 Å². The molecule has 4 rings (SSSR count). The maximum absolute atomic E-state index is 12.1. The number of amides is 1. The molecule has 0 saturated carbocycles. The van der Waals surface area contributed by atoms with Gasteiger partial charge in [0.15, 0.2) is 0 Å². The summed E-state index contributed by atoms with van der Waals surface area (Å²) in [5.41, 5.74) is 1.38. The van der Waals surface area contributed by atoms with Crippen LogP contribution in [0.2, 0.25) is 5.02 Å². The second-order valence-corrected chi connectivity index (χ2v) is 8.64. The molecule has 0 radical (unpaired) electrons. The molecule has 0 saturated heterocycles. The van der Waals surface area contributed by atoms with E-state index in [0.717, 1.165) is 33.8 Å². The Morgan fingerprint density at radius 2 is 2.11 bits per heavy atom. The number of nitrogens with one attached hydrogen (secondary N) is 1. The molecule has 2 aromatic heterocycles. The van der Waals surface area contributed by atoms with Crippen molar-refractivity contribution in [3.05, 3.63) is 46.1 Å². The molecule has 2 heterocycles. The molecule has 5 nitrogen and oxygen atoms in total. The summed E-state index contributed by atoms with van der Waals surface area (Å²) in [5.74, 6) is 1.04. The highest BCUT2D eigenvalue weighted by Crippen LogP contribution is 2.39. The fourth-order valence-corrected chi connectivity index (χ4v) is 5.36. The molecule has 0 spiro atoms. The Bertz CT molecular complexity index is 959. The minimum absolute atomic E-state index is 0.0293. The van der Waals surface area contributed by atoms with Crippen LogP contribution in [0.3, 0.4) is 0 Å². The third-order valence-corrected chi connectivity index (χ3v) is 6.75. The number of thioether (sulfide) groups is 1. The summed E-state index contributed by atoms with van der Waals surface area (Å²) in [6.07, 6.45) is 5.01. The lowest BCUT2D eigenvalue weighted by molar-refractivity contribution is -0.118. The zero-order valence-corrected chi connectivity index (χ0v) is 16.9. The second-order valence-electron chi connectivity index (χ2n) is 6.16. The zero-order chi connectivity index (χ0) is 18.6. The smallest absolute Gasteiger partial charge is 0.230 e. The molecule has 3 aromatic rings. The lowest BCUT2D eigenvalue weighted by atomic mass is 10.2. The molecular weight excluding hydrogens is 402 g/mol. The molecule has 1 N–H and O–H groups in total. The van der Waals surface area contributed by atoms with Crippen molar-refractivity contribution in [1.29, 1.82) is 0 Å². The van der Waals surface area contributed by atoms with Crippen molar-refractivity contribution < 1.29 is 9.53 Å². The quantitative estimate of drug-likeness (QED) is 0.354. The summed E-state index contributed by atoms with van der Waals surface area (Å²) < 4.78 is 5.57. The highest BCUT2D eigenvalue weighted by Gasteiger charge is 2.21. The predicted molar refractivity (Wildman–Crippen MR) is 110 cm³/mol. The molecule has 0 aliphatic heterocycles. The predicted octanol–water partition coefficient (Wildman–Crippen LogP) is 4.12. The van der Waals surface area contributed by atoms with Gasteiger partial charge in [0.2, 0.25) is 5.91 Å². The van der Waals surface area contributed by atoms with Crippen LogP contribution in [0.15, 0.2) is 35.6 Å². The van der Waals surface area contributed by atoms with E-state index < -0.39 is 0 Å². The Balaban J connectivity index is 1.27. The average molecular weight is 420 g/mol. The molecule has 0 fully saturated rings. The van der Waals surface area contributed by atoms with Crippen LogP contribution in [0.1, 0.15) is 16.9 Å². The van der Waals surface area contributed by atoms with E-state index in [1.165, 1.54) is 28.6 Å². The third kappa shape index (κ3) is 4.36. The van der Waals surface area contributed by atoms with Crippen LogP contribution in [0, 0.1) is 0 Å². The van der Waals surface area contributed by atoms with Crippen molar-refractivity contribution in [1.82, 2.24) is 15.3 Å². The summed E-state index contributed by atoms with van der Waals surface area (Å²) in [4.78, 5) is 23.4. The first kappa shape index (κ1) is 18.5. The van der Waals surface area contributed by atoms with Crippen molar-refractivity contribution in [3.8, 4) is 5.75 Å². The van der Waals surface area contributed by atoms with E-state index in [1.807, 2.05) is 0 Å². The highest BCUT2D eigenvalue weighted by molar-refractivity contribution is 8.00. The van der Waals surface area contributed by atoms with E-state index in [-0.39, 0.29) is 5.91 Å². The summed E-state index contributed by atoms with van der Waals surface area (Å²) in [7, 11) is 0. The first-order valence-corrected chi connectivity index (χ1v) is 10.9. The number of aromatic nitrogens is 2. The second kappa shape index (κ2) is 8.46. The molecule has 1 aromatic carbocycles. The van der Waals surface area contributed by atoms with Gasteiger partial charge in [0.25, 0.3) is 0 Å². The number of carbonyl (C=O) groups is 1. The lowest BCUT2D eigenvalue weighted by Crippen LogP contribution is -2.29. The van der Waals surface area contributed by atoms with Crippen LogP contribution in [-0.4, -0.2) is 34.8 Å². The molecule has 140 valence electrons. The van der Waals surface area contributed by atoms with Gasteiger partial charge in [-0.2, -0.15) is 0 Å². The summed E-state index contributed by atoms with van der Waals surface area (Å²) in [5, 5.41) is 5.61. The number of ether oxygens (including phenoxy) is 1. The SMILES string of the molecule is O=C(CSc1ncnc2sc3c(c12)CCC3)NCCOc1ccc(Cl)cc1. The van der Waals surface area contributed by atoms with Crippen molar-refractivity contribution in [2.75, 3.05) is 18.9 Å². The van der Waals surface area contributed by atoms with Crippen LogP contribution in [0.25, 0.3) is 10.2 Å². The summed E-state index contributed by atoms with van der Waals surface area (Å²) in [6, 6.07) is 7.16. The zero-order valence-electron chi connectivity index (χ0n) is 14.5. The van der Waals surface area contributed by atoms with Gasteiger partial charge in [0, 0.05) is 15.3 Å². The van der Waals surface area contributed by atoms with E-state index >= 15 is 0 Å². The van der Waals surface area contributed by atoms with Gasteiger partial charge >= 0.3 is 0 Å². The normalized spacial score (nSPS) is 12.9. The number of fused-ring (bicyclic) bond motifs is 3. The Labute approximate surface area is 170 Å². The Kier molecular flexibility index (Phi) is 5.80. The molecule has 1 aliphatic rings. The largest absolute Gasteiger partial charge is 0.492 e. The Morgan fingerprint density at radius 1 is 1.26 bits per heavy atom. The molecule has 1 amide bonds. The minimum atomic E-state index is -0.0293. The molecular formula is C19H18ClN3O2S2. The maximum Gasteiger partial charge on any atom is 0.230 e. The van der Waals surface area contributed by atoms with Gasteiger partial charge in [-0.05, 0) is 49.1 Å². The number of nitrogens with zero attached hydrogens (tertiary/aromatic N) is 2. The van der Waals surface area contributed by atoms with Crippen molar-refractivity contribution in [3.63, 3.8) is 0 Å². The topological polar surface area (TPSA) is 64.1 Å². The number of hydrogen-bond acceptors (Lipinski definition) is 6. The van der Waals surface area contributed by atoms with E-state index in [0.29, 0.717) is 23.9 Å². The van der Waals surface area contributed by atoms with Crippen molar-refractivity contribution in [2.45, 2.75) is 24.3 Å². The van der Waals surface area contributed by atoms with Crippen LogP contribution in [0.5, 0.6) is 5.75 Å². The number of thiophene rings is 1. The van der Waals surface area contributed by atoms with E-state index in [9.17, 15) is 4.79 Å². The number of carbonyl (C=O) groups excluding carboxylic acids is 1. The number of halogens is 1. The van der Waals surface area contributed by atoms with Crippen LogP contribution in [0.4, 0.5) is 0 Å². The summed E-state index contributed by atoms with van der Waals surface area (Å²) in [6.45, 7) is 0.864. The highest BCUT2D eigenvalue weighted by atomic mass is 35.5. The van der Waals surface area contributed by atoms with Gasteiger partial charge in [-0.3, -0.25) is 4.79 Å². The van der Waals surface area contributed by atoms with Gasteiger partial charge in [-0.1, -0.05) is 23.4 Å². The van der Waals surface area contributed by atoms with Gasteiger partial charge in [-0.25, -0.2) is 9.97 Å². The monoisotopic (exact) mass is 419 g/mol. The molecule has 0 bridgehead atoms. The molecule has 0 unspecified atom stereocenters. The molecule has 27 heavy (non-hydrogen) atoms. The fourth-order valence-electron chi connectivity index (χ4n) is 3.08. The number of hydrogen-bond donors (Lipinski definition) is 1. The van der Waals surface area contributed by atoms with Crippen molar-refractivity contribution >= 4 is 50.8 Å². The molecule has 8 heteroatoms. The Morgan fingerprint density at radius 3 is 2.96 bits per heavy atom. The molecule has 1 aliphatic carbocycles. The number of benzene rings is 1. The number of rotatable bonds is 7. The first-order chi connectivity index (χ1) is 13.2. The minimum Gasteiger partial charge on any atom is -0.492 e. The Hall–Kier alpha value is -1.83. The third-order valence-electron chi connectivity index (χ3n) is 4.31. The van der Waals surface area contributed by atoms with Gasteiger partial charge in [0.1, 0.15) is 28.5 Å². The average Bonchev–Trinajstić information content (AvgIpc) is 3.26. The maximum atomic E-state index is 12.1. The summed E-state index contributed by atoms with van der Waals surface area (Å²) >= 11 is 9.07. The van der Waals surface area contributed by atoms with Crippen LogP contribution < -0.4 is 10.1 Å². The standard InChI is InChI=1S/C19H18ClN3O2S2/c20-12-4-6-13(7-5-12)25-9-8-21-16(24)10-26-18-17-14-2-1-3-15(14)27-19(17)23-11-22-18/h4-7,11H,1-3,8-10H2,(H,21,24). The van der Waals surface area contributed by atoms with Gasteiger partial charge in [-0.15, -0.1) is 11.3 Å². The van der Waals surface area contributed by atoms with Crippen molar-refractivity contribution in [2.24, 2.45) is 0 Å². The van der Waals surface area contributed by atoms with Crippen LogP contribution >= 0.6 is 34.7 Å². The fraction of sp³-hybridized carbons (Fsp3) is 0.316.